The molecule has 0 spiro atoms. The third-order valence-electron chi connectivity index (χ3n) is 0.273. The third-order valence-corrected chi connectivity index (χ3v) is 2.45. The van der Waals surface area contributed by atoms with Crippen LogP contribution in [-0.4, -0.2) is 11.8 Å². The highest BCUT2D eigenvalue weighted by Gasteiger charge is 2.29. The van der Waals surface area contributed by atoms with Crippen LogP contribution in [0.1, 0.15) is 0 Å². The Balaban J connectivity index is 3.39. The SMILES string of the molecule is ClB(Cl)N[Si](Cl)(Cl)Cl. The van der Waals surface area contributed by atoms with Gasteiger partial charge in [-0.05, 0) is 0 Å². The van der Waals surface area contributed by atoms with E-state index in [1.165, 1.54) is 0 Å². The van der Waals surface area contributed by atoms with E-state index >= 15 is 0 Å². The van der Waals surface area contributed by atoms with Crippen molar-refractivity contribution >= 4 is 68.0 Å². The van der Waals surface area contributed by atoms with Gasteiger partial charge in [-0.1, -0.05) is 0 Å². The second kappa shape index (κ2) is 3.76. The van der Waals surface area contributed by atoms with Gasteiger partial charge in [0, 0.05) is 0 Å². The maximum atomic E-state index is 5.32. The fraction of sp³-hybridized carbons (Fsp3) is 0. The van der Waals surface area contributed by atoms with Crippen molar-refractivity contribution in [1.82, 2.24) is 4.89 Å². The van der Waals surface area contributed by atoms with Crippen LogP contribution in [0.15, 0.2) is 0 Å². The molecule has 0 aromatic carbocycles. The van der Waals surface area contributed by atoms with Gasteiger partial charge in [0.25, 0.3) is 0 Å². The van der Waals surface area contributed by atoms with Crippen LogP contribution in [-0.2, 0) is 0 Å². The Morgan fingerprint density at radius 3 is 1.50 bits per heavy atom. The number of hydrogen-bond acceptors (Lipinski definition) is 1. The molecule has 8 heteroatoms. The zero-order valence-electron chi connectivity index (χ0n) is 3.47. The van der Waals surface area contributed by atoms with E-state index in [2.05, 4.69) is 4.89 Å². The number of hydrogen-bond donors (Lipinski definition) is 1. The van der Waals surface area contributed by atoms with Gasteiger partial charge in [-0.15, -0.1) is 56.2 Å². The summed E-state index contributed by atoms with van der Waals surface area (Å²) in [6.45, 7) is 0. The second-order valence-corrected chi connectivity index (χ2v) is 10.2. The largest absolute Gasteiger partial charge is 0.427 e. The minimum atomic E-state index is -2.82. The lowest BCUT2D eigenvalue weighted by molar-refractivity contribution is 1.61. The van der Waals surface area contributed by atoms with Gasteiger partial charge in [-0.25, -0.2) is 0 Å². The molecule has 0 bridgehead atoms. The van der Waals surface area contributed by atoms with Crippen molar-refractivity contribution < 1.29 is 0 Å². The lowest BCUT2D eigenvalue weighted by Crippen LogP contribution is -2.40. The lowest BCUT2D eigenvalue weighted by atomic mass is 10.4. The zero-order valence-corrected chi connectivity index (χ0v) is 8.25. The number of rotatable bonds is 2. The van der Waals surface area contributed by atoms with Gasteiger partial charge in [-0.3, -0.25) is 0 Å². The molecule has 0 atom stereocenters. The van der Waals surface area contributed by atoms with Crippen molar-refractivity contribution in [3.8, 4) is 0 Å². The Morgan fingerprint density at radius 2 is 1.50 bits per heavy atom. The van der Waals surface area contributed by atoms with E-state index in [0.717, 1.165) is 0 Å². The number of nitrogens with one attached hydrogen (secondary N) is 1. The molecule has 0 radical (unpaired) electrons. The van der Waals surface area contributed by atoms with E-state index in [-0.39, 0.29) is 0 Å². The first-order valence-corrected chi connectivity index (χ1v) is 7.45. The van der Waals surface area contributed by atoms with Crippen molar-refractivity contribution in [3.63, 3.8) is 0 Å². The summed E-state index contributed by atoms with van der Waals surface area (Å²) in [5.41, 5.74) is -0.797. The first-order valence-electron chi connectivity index (χ1n) is 1.54. The summed E-state index contributed by atoms with van der Waals surface area (Å²) in [5.74, 6) is 0. The standard InChI is InChI=1S/BCl5HNSi/c2-1(3)7-8(4,5)6/h7H. The first kappa shape index (κ1) is 9.69. The third kappa shape index (κ3) is 7.69. The summed E-state index contributed by atoms with van der Waals surface area (Å²) in [6.07, 6.45) is -2.82. The fourth-order valence-electron chi connectivity index (χ4n) is 0.124. The van der Waals surface area contributed by atoms with E-state index in [1.807, 2.05) is 0 Å². The van der Waals surface area contributed by atoms with Crippen LogP contribution in [0.2, 0.25) is 0 Å². The van der Waals surface area contributed by atoms with E-state index in [1.54, 1.807) is 0 Å². The first-order chi connectivity index (χ1) is 3.42. The molecule has 0 heterocycles. The fourth-order valence-corrected chi connectivity index (χ4v) is 3.34. The summed E-state index contributed by atoms with van der Waals surface area (Å²) >= 11 is 26.3. The van der Waals surface area contributed by atoms with Gasteiger partial charge in [0.15, 0.2) is 0 Å². The molecular weight excluding hydrogens is 230 g/mol. The van der Waals surface area contributed by atoms with Gasteiger partial charge in [-0.2, -0.15) is 0 Å². The zero-order chi connectivity index (χ0) is 6.78. The van der Waals surface area contributed by atoms with Crippen LogP contribution < -0.4 is 4.89 Å². The lowest BCUT2D eigenvalue weighted by Gasteiger charge is -2.06. The molecule has 0 amide bonds. The Labute approximate surface area is 72.7 Å². The van der Waals surface area contributed by atoms with E-state index in [9.17, 15) is 0 Å². The minimum absolute atomic E-state index is 0.797. The molecule has 0 aliphatic heterocycles. The van der Waals surface area contributed by atoms with Crippen molar-refractivity contribution in [2.24, 2.45) is 0 Å². The summed E-state index contributed by atoms with van der Waals surface area (Å²) in [4.78, 5) is 2.35. The highest BCUT2D eigenvalue weighted by molar-refractivity contribution is 7.66. The second-order valence-electron chi connectivity index (χ2n) is 0.943. The molecule has 48 valence electrons. The van der Waals surface area contributed by atoms with E-state index in [4.69, 9.17) is 56.2 Å². The maximum absolute atomic E-state index is 5.32. The molecule has 0 aliphatic rings. The van der Waals surface area contributed by atoms with E-state index in [0.29, 0.717) is 0 Å². The van der Waals surface area contributed by atoms with E-state index < -0.39 is 11.8 Å². The van der Waals surface area contributed by atoms with Gasteiger partial charge < -0.3 is 4.89 Å². The van der Waals surface area contributed by atoms with Crippen molar-refractivity contribution in [2.75, 3.05) is 0 Å². The van der Waals surface area contributed by atoms with Crippen LogP contribution >= 0.6 is 56.2 Å². The molecule has 0 fully saturated rings. The minimum Gasteiger partial charge on any atom is -0.314 e. The summed E-state index contributed by atoms with van der Waals surface area (Å²) in [7, 11) is 0. The van der Waals surface area contributed by atoms with Crippen LogP contribution in [0.3, 0.4) is 0 Å². The summed E-state index contributed by atoms with van der Waals surface area (Å²) in [6, 6.07) is 0. The molecule has 1 nitrogen and oxygen atoms in total. The maximum Gasteiger partial charge on any atom is 0.427 e. The molecule has 8 heavy (non-hydrogen) atoms. The predicted molar refractivity (Wildman–Crippen MR) is 43.9 cm³/mol. The molecule has 1 N–H and O–H groups in total. The van der Waals surface area contributed by atoms with Crippen molar-refractivity contribution in [2.45, 2.75) is 0 Å². The molecule has 0 unspecified atom stereocenters. The van der Waals surface area contributed by atoms with Gasteiger partial charge in [0.05, 0.1) is 0 Å². The van der Waals surface area contributed by atoms with Crippen LogP contribution in [0.5, 0.6) is 0 Å². The smallest absolute Gasteiger partial charge is 0.314 e. The molecule has 0 aromatic heterocycles. The Bertz CT molecular complexity index is 67.3. The molecular formula is HBCl5NSi. The average Bonchev–Trinajstić information content (AvgIpc) is 1.21. The highest BCUT2D eigenvalue weighted by Crippen LogP contribution is 2.16. The van der Waals surface area contributed by atoms with Crippen LogP contribution in [0.25, 0.3) is 0 Å². The topological polar surface area (TPSA) is 12.0 Å². The van der Waals surface area contributed by atoms with Gasteiger partial charge >= 0.3 is 11.8 Å². The summed E-state index contributed by atoms with van der Waals surface area (Å²) in [5, 5.41) is 0. The Morgan fingerprint density at radius 1 is 1.12 bits per heavy atom. The molecule has 0 aromatic rings. The molecule has 0 rings (SSSR count). The molecule has 0 aliphatic carbocycles. The highest BCUT2D eigenvalue weighted by atomic mass is 35.8. The molecule has 0 saturated carbocycles. The molecule has 0 saturated heterocycles. The monoisotopic (exact) mass is 229 g/mol. The summed E-state index contributed by atoms with van der Waals surface area (Å²) < 4.78 is 0. The van der Waals surface area contributed by atoms with Crippen LogP contribution in [0.4, 0.5) is 0 Å². The Hall–Kier alpha value is 1.69. The quantitative estimate of drug-likeness (QED) is 0.567. The number of halogens is 5. The van der Waals surface area contributed by atoms with Crippen molar-refractivity contribution in [3.05, 3.63) is 0 Å². The van der Waals surface area contributed by atoms with Crippen LogP contribution in [0, 0.1) is 0 Å². The Kier molecular flexibility index (Phi) is 4.56. The van der Waals surface area contributed by atoms with Gasteiger partial charge in [0.2, 0.25) is 0 Å². The predicted octanol–water partition coefficient (Wildman–Crippen LogP) is 2.19. The average molecular weight is 231 g/mol. The normalized spacial score (nSPS) is 11.6. The van der Waals surface area contributed by atoms with Gasteiger partial charge in [0.1, 0.15) is 0 Å². The van der Waals surface area contributed by atoms with Crippen molar-refractivity contribution in [1.29, 1.82) is 0 Å².